The summed E-state index contributed by atoms with van der Waals surface area (Å²) in [5, 5.41) is 10.6. The van der Waals surface area contributed by atoms with Gasteiger partial charge >= 0.3 is 5.97 Å². The molecule has 5 rings (SSSR count). The summed E-state index contributed by atoms with van der Waals surface area (Å²) < 4.78 is 5.57. The average molecular weight is 427 g/mol. The van der Waals surface area contributed by atoms with Crippen LogP contribution in [0, 0.1) is 0 Å². The third kappa shape index (κ3) is 3.86. The predicted octanol–water partition coefficient (Wildman–Crippen LogP) is 6.35. The first kappa shape index (κ1) is 20.3. The largest absolute Gasteiger partial charge is 0.478 e. The summed E-state index contributed by atoms with van der Waals surface area (Å²) in [5.74, 6) is -0.439. The molecule has 2 heterocycles. The van der Waals surface area contributed by atoms with Crippen LogP contribution in [0.3, 0.4) is 0 Å². The Bertz CT molecular complexity index is 1280. The number of rotatable bonds is 6. The van der Waals surface area contributed by atoms with Crippen LogP contribution in [0.2, 0.25) is 0 Å². The Hall–Kier alpha value is -3.60. The molecule has 1 N–H and O–H groups in total. The van der Waals surface area contributed by atoms with Gasteiger partial charge in [0.05, 0.1) is 11.8 Å². The van der Waals surface area contributed by atoms with Crippen molar-refractivity contribution in [2.75, 3.05) is 11.9 Å². The van der Waals surface area contributed by atoms with Gasteiger partial charge in [-0.1, -0.05) is 6.07 Å². The van der Waals surface area contributed by atoms with Gasteiger partial charge in [0, 0.05) is 42.3 Å². The zero-order chi connectivity index (χ0) is 22.1. The van der Waals surface area contributed by atoms with Gasteiger partial charge in [0.1, 0.15) is 5.58 Å². The summed E-state index contributed by atoms with van der Waals surface area (Å²) in [6.45, 7) is 0. The number of aromatic nitrogens is 1. The van der Waals surface area contributed by atoms with Crippen molar-refractivity contribution in [1.82, 2.24) is 4.98 Å². The second-order valence-corrected chi connectivity index (χ2v) is 8.55. The molecule has 0 fully saturated rings. The highest BCUT2D eigenvalue weighted by Crippen LogP contribution is 2.38. The number of furan rings is 1. The number of aryl methyl sites for hydroxylation is 2. The molecule has 0 aliphatic heterocycles. The molecule has 0 radical (unpaired) electrons. The summed E-state index contributed by atoms with van der Waals surface area (Å²) >= 11 is 0. The molecule has 0 bridgehead atoms. The van der Waals surface area contributed by atoms with Crippen LogP contribution in [0.5, 0.6) is 0 Å². The van der Waals surface area contributed by atoms with Gasteiger partial charge in [0.25, 0.3) is 0 Å². The van der Waals surface area contributed by atoms with Crippen LogP contribution < -0.4 is 4.90 Å². The van der Waals surface area contributed by atoms with Gasteiger partial charge < -0.3 is 14.4 Å². The second kappa shape index (κ2) is 8.50. The fourth-order valence-electron chi connectivity index (χ4n) is 4.88. The van der Waals surface area contributed by atoms with Crippen molar-refractivity contribution in [3.8, 4) is 0 Å². The summed E-state index contributed by atoms with van der Waals surface area (Å²) in [4.78, 5) is 17.8. The molecule has 0 saturated heterocycles. The molecule has 5 nitrogen and oxygen atoms in total. The van der Waals surface area contributed by atoms with Gasteiger partial charge in [-0.2, -0.15) is 0 Å². The minimum atomic E-state index is -0.883. The molecule has 2 aromatic heterocycles. The second-order valence-electron chi connectivity index (χ2n) is 8.55. The Morgan fingerprint density at radius 2 is 2.00 bits per heavy atom. The highest BCUT2D eigenvalue weighted by Gasteiger charge is 2.22. The standard InChI is InChI=1S/C27H26N2O3/c1-29(23-8-7-19-12-14-32-26(19)16-23)22-9-10-24-18(3-2-4-20(24)15-22)5-6-21-17-28-13-11-25(21)27(30)31/h7-18H,2-6H2,1H3,(H,30,31)/t18-/m0/s1. The van der Waals surface area contributed by atoms with E-state index < -0.39 is 5.97 Å². The number of benzene rings is 2. The average Bonchev–Trinajstić information content (AvgIpc) is 3.30. The Morgan fingerprint density at radius 1 is 1.16 bits per heavy atom. The zero-order valence-corrected chi connectivity index (χ0v) is 18.1. The van der Waals surface area contributed by atoms with Crippen molar-refractivity contribution in [3.63, 3.8) is 0 Å². The number of carboxylic acid groups (broad SMARTS) is 1. The van der Waals surface area contributed by atoms with Gasteiger partial charge in [-0.3, -0.25) is 4.98 Å². The normalized spacial score (nSPS) is 15.5. The molecule has 0 amide bonds. The fourth-order valence-corrected chi connectivity index (χ4v) is 4.88. The number of carboxylic acids is 1. The fraction of sp³-hybridized carbons (Fsp3) is 0.259. The van der Waals surface area contributed by atoms with Gasteiger partial charge in [0.2, 0.25) is 0 Å². The molecule has 1 aliphatic rings. The molecule has 0 unspecified atom stereocenters. The Morgan fingerprint density at radius 3 is 2.88 bits per heavy atom. The molecule has 162 valence electrons. The van der Waals surface area contributed by atoms with Gasteiger partial charge in [-0.25, -0.2) is 4.79 Å². The van der Waals surface area contributed by atoms with E-state index in [1.807, 2.05) is 6.07 Å². The monoisotopic (exact) mass is 426 g/mol. The quantitative estimate of drug-likeness (QED) is 0.389. The minimum absolute atomic E-state index is 0.363. The first-order valence-corrected chi connectivity index (χ1v) is 11.1. The van der Waals surface area contributed by atoms with E-state index in [-0.39, 0.29) is 0 Å². The first-order chi connectivity index (χ1) is 15.6. The maximum atomic E-state index is 11.5. The maximum absolute atomic E-state index is 11.5. The lowest BCUT2D eigenvalue weighted by Crippen LogP contribution is -2.14. The van der Waals surface area contributed by atoms with Crippen molar-refractivity contribution in [1.29, 1.82) is 0 Å². The van der Waals surface area contributed by atoms with E-state index in [4.69, 9.17) is 4.42 Å². The maximum Gasteiger partial charge on any atom is 0.336 e. The molecule has 1 aliphatic carbocycles. The van der Waals surface area contributed by atoms with Gasteiger partial charge in [0.15, 0.2) is 0 Å². The molecule has 5 heteroatoms. The number of nitrogens with zero attached hydrogens (tertiary/aromatic N) is 2. The SMILES string of the molecule is CN(c1ccc2c(c1)CCC[C@H]2CCc1cnccc1C(=O)O)c1ccc2ccoc2c1. The third-order valence-electron chi connectivity index (χ3n) is 6.68. The molecule has 2 aromatic carbocycles. The van der Waals surface area contributed by atoms with E-state index in [2.05, 4.69) is 53.3 Å². The Labute approximate surface area is 187 Å². The molecule has 0 spiro atoms. The lowest BCUT2D eigenvalue weighted by molar-refractivity contribution is 0.0695. The topological polar surface area (TPSA) is 66.6 Å². The third-order valence-corrected chi connectivity index (χ3v) is 6.68. The van der Waals surface area contributed by atoms with Crippen LogP contribution in [0.1, 0.15) is 52.2 Å². The molecular weight excluding hydrogens is 400 g/mol. The smallest absolute Gasteiger partial charge is 0.336 e. The van der Waals surface area contributed by atoms with E-state index >= 15 is 0 Å². The molecule has 32 heavy (non-hydrogen) atoms. The summed E-state index contributed by atoms with van der Waals surface area (Å²) in [5.41, 5.74) is 7.13. The zero-order valence-electron chi connectivity index (χ0n) is 18.1. The van der Waals surface area contributed by atoms with Crippen LogP contribution in [-0.4, -0.2) is 23.1 Å². The lowest BCUT2D eigenvalue weighted by Gasteiger charge is -2.28. The van der Waals surface area contributed by atoms with Crippen LogP contribution in [0.25, 0.3) is 11.0 Å². The van der Waals surface area contributed by atoms with Crippen LogP contribution in [-0.2, 0) is 12.8 Å². The van der Waals surface area contributed by atoms with Crippen LogP contribution in [0.4, 0.5) is 11.4 Å². The minimum Gasteiger partial charge on any atom is -0.478 e. The van der Waals surface area contributed by atoms with Crippen molar-refractivity contribution in [3.05, 3.63) is 89.4 Å². The predicted molar refractivity (Wildman–Crippen MR) is 126 cm³/mol. The van der Waals surface area contributed by atoms with Crippen molar-refractivity contribution >= 4 is 28.3 Å². The lowest BCUT2D eigenvalue weighted by atomic mass is 9.79. The van der Waals surface area contributed by atoms with E-state index in [0.717, 1.165) is 60.0 Å². The van der Waals surface area contributed by atoms with E-state index in [1.165, 1.54) is 11.1 Å². The van der Waals surface area contributed by atoms with Gasteiger partial charge in [-0.05, 0) is 91.1 Å². The van der Waals surface area contributed by atoms with Crippen molar-refractivity contribution < 1.29 is 14.3 Å². The summed E-state index contributed by atoms with van der Waals surface area (Å²) in [7, 11) is 2.09. The Kier molecular flexibility index (Phi) is 5.39. The van der Waals surface area contributed by atoms with E-state index in [9.17, 15) is 9.90 Å². The van der Waals surface area contributed by atoms with Crippen molar-refractivity contribution in [2.45, 2.75) is 38.0 Å². The molecular formula is C27H26N2O3. The van der Waals surface area contributed by atoms with Crippen LogP contribution in [0.15, 0.2) is 71.6 Å². The van der Waals surface area contributed by atoms with E-state index in [0.29, 0.717) is 11.5 Å². The molecule has 4 aromatic rings. The summed E-state index contributed by atoms with van der Waals surface area (Å²) in [6, 6.07) is 16.6. The number of hydrogen-bond donors (Lipinski definition) is 1. The van der Waals surface area contributed by atoms with Gasteiger partial charge in [-0.15, -0.1) is 0 Å². The highest BCUT2D eigenvalue weighted by atomic mass is 16.4. The molecule has 1 atom stereocenters. The number of carbonyl (C=O) groups is 1. The Balaban J connectivity index is 1.36. The number of pyridine rings is 1. The van der Waals surface area contributed by atoms with Crippen LogP contribution >= 0.6 is 0 Å². The van der Waals surface area contributed by atoms with E-state index in [1.54, 1.807) is 24.7 Å². The summed E-state index contributed by atoms with van der Waals surface area (Å²) in [6.07, 6.45) is 10.00. The number of hydrogen-bond acceptors (Lipinski definition) is 4. The number of fused-ring (bicyclic) bond motifs is 2. The molecule has 0 saturated carbocycles. The highest BCUT2D eigenvalue weighted by molar-refractivity contribution is 5.89. The first-order valence-electron chi connectivity index (χ1n) is 11.1. The number of aromatic carboxylic acids is 1. The number of anilines is 2. The van der Waals surface area contributed by atoms with Crippen molar-refractivity contribution in [2.24, 2.45) is 0 Å².